The zero-order chi connectivity index (χ0) is 10.6. The minimum atomic E-state index is -4.03. The highest BCUT2D eigenvalue weighted by molar-refractivity contribution is 8.00. The molecule has 0 aromatic heterocycles. The highest BCUT2D eigenvalue weighted by atomic mass is 32.2. The van der Waals surface area contributed by atoms with E-state index in [0.717, 1.165) is 18.6 Å². The van der Waals surface area contributed by atoms with Gasteiger partial charge < -0.3 is 5.73 Å². The Morgan fingerprint density at radius 2 is 2.14 bits per heavy atom. The topological polar surface area (TPSA) is 26.0 Å². The molecule has 0 aliphatic carbocycles. The summed E-state index contributed by atoms with van der Waals surface area (Å²) in [5.41, 5.74) is 5.82. The van der Waals surface area contributed by atoms with Crippen molar-refractivity contribution in [2.75, 3.05) is 5.75 Å². The summed E-state index contributed by atoms with van der Waals surface area (Å²) < 4.78 is 35.5. The van der Waals surface area contributed by atoms with E-state index >= 15 is 0 Å². The first-order chi connectivity index (χ1) is 6.49. The van der Waals surface area contributed by atoms with Gasteiger partial charge in [-0.1, -0.05) is 0 Å². The number of alkyl halides is 3. The third-order valence-electron chi connectivity index (χ3n) is 2.44. The Balaban J connectivity index is 2.11. The monoisotopic (exact) mass is 227 g/mol. The van der Waals surface area contributed by atoms with Crippen LogP contribution in [0.4, 0.5) is 13.2 Å². The van der Waals surface area contributed by atoms with Crippen LogP contribution in [0, 0.1) is 0 Å². The molecule has 0 aromatic carbocycles. The molecule has 84 valence electrons. The van der Waals surface area contributed by atoms with Crippen LogP contribution in [-0.4, -0.2) is 23.2 Å². The van der Waals surface area contributed by atoms with Crippen molar-refractivity contribution in [2.24, 2.45) is 5.73 Å². The minimum Gasteiger partial charge on any atom is -0.327 e. The van der Waals surface area contributed by atoms with Gasteiger partial charge in [-0.2, -0.15) is 24.9 Å². The molecule has 0 radical (unpaired) electrons. The third kappa shape index (κ3) is 4.55. The van der Waals surface area contributed by atoms with Gasteiger partial charge in [0, 0.05) is 17.7 Å². The quantitative estimate of drug-likeness (QED) is 0.799. The number of hydrogen-bond acceptors (Lipinski definition) is 2. The summed E-state index contributed by atoms with van der Waals surface area (Å²) >= 11 is 1.80. The van der Waals surface area contributed by atoms with Crippen LogP contribution in [0.15, 0.2) is 0 Å². The zero-order valence-corrected chi connectivity index (χ0v) is 8.83. The molecular formula is C9H16F3NS. The Hall–Kier alpha value is 0.100. The average molecular weight is 227 g/mol. The smallest absolute Gasteiger partial charge is 0.327 e. The van der Waals surface area contributed by atoms with Crippen molar-refractivity contribution in [1.29, 1.82) is 0 Å². The summed E-state index contributed by atoms with van der Waals surface area (Å²) in [6.45, 7) is 0. The maximum absolute atomic E-state index is 11.8. The fourth-order valence-corrected chi connectivity index (χ4v) is 3.02. The summed E-state index contributed by atoms with van der Waals surface area (Å²) in [4.78, 5) is 0. The summed E-state index contributed by atoms with van der Waals surface area (Å²) in [6, 6.07) is -0.0511. The van der Waals surface area contributed by atoms with Gasteiger partial charge in [0.05, 0.1) is 0 Å². The maximum atomic E-state index is 11.8. The van der Waals surface area contributed by atoms with Crippen LogP contribution in [0.2, 0.25) is 0 Å². The second-order valence-electron chi connectivity index (χ2n) is 3.72. The van der Waals surface area contributed by atoms with Gasteiger partial charge in [-0.3, -0.25) is 0 Å². The second-order valence-corrected chi connectivity index (χ2v) is 5.07. The van der Waals surface area contributed by atoms with E-state index in [0.29, 0.717) is 11.7 Å². The highest BCUT2D eigenvalue weighted by Crippen LogP contribution is 2.30. The van der Waals surface area contributed by atoms with Crippen molar-refractivity contribution in [3.05, 3.63) is 0 Å². The molecule has 0 amide bonds. The summed E-state index contributed by atoms with van der Waals surface area (Å²) in [5, 5.41) is 0.392. The van der Waals surface area contributed by atoms with Crippen LogP contribution in [0.3, 0.4) is 0 Å². The van der Waals surface area contributed by atoms with Crippen molar-refractivity contribution >= 4 is 11.8 Å². The molecular weight excluding hydrogens is 211 g/mol. The van der Waals surface area contributed by atoms with Crippen LogP contribution in [-0.2, 0) is 0 Å². The van der Waals surface area contributed by atoms with Gasteiger partial charge in [0.25, 0.3) is 0 Å². The normalized spacial score (nSPS) is 25.3. The van der Waals surface area contributed by atoms with Gasteiger partial charge in [0.1, 0.15) is 0 Å². The van der Waals surface area contributed by atoms with Crippen molar-refractivity contribution < 1.29 is 13.2 Å². The molecule has 2 N–H and O–H groups in total. The Labute approximate surface area is 86.6 Å². The van der Waals surface area contributed by atoms with E-state index in [4.69, 9.17) is 5.73 Å². The number of halogens is 3. The van der Waals surface area contributed by atoms with Crippen LogP contribution in [0.5, 0.6) is 0 Å². The van der Waals surface area contributed by atoms with E-state index in [-0.39, 0.29) is 12.5 Å². The van der Waals surface area contributed by atoms with Crippen LogP contribution in [0.25, 0.3) is 0 Å². The summed E-state index contributed by atoms with van der Waals surface area (Å²) in [5.74, 6) is 1.11. The SMILES string of the molecule is NC(CCCC(F)(F)F)C1CCCS1. The fraction of sp³-hybridized carbons (Fsp3) is 1.00. The van der Waals surface area contributed by atoms with Crippen LogP contribution >= 0.6 is 11.8 Å². The van der Waals surface area contributed by atoms with Crippen molar-refractivity contribution in [3.63, 3.8) is 0 Å². The molecule has 0 spiro atoms. The first kappa shape index (κ1) is 12.2. The Morgan fingerprint density at radius 1 is 1.43 bits per heavy atom. The first-order valence-corrected chi connectivity index (χ1v) is 5.98. The van der Waals surface area contributed by atoms with Gasteiger partial charge in [-0.15, -0.1) is 0 Å². The summed E-state index contributed by atoms with van der Waals surface area (Å²) in [7, 11) is 0. The molecule has 1 saturated heterocycles. The molecule has 1 heterocycles. The molecule has 1 nitrogen and oxygen atoms in total. The van der Waals surface area contributed by atoms with Gasteiger partial charge in [0.15, 0.2) is 0 Å². The lowest BCUT2D eigenvalue weighted by Gasteiger charge is -2.18. The van der Waals surface area contributed by atoms with Gasteiger partial charge >= 0.3 is 6.18 Å². The van der Waals surface area contributed by atoms with Crippen LogP contribution in [0.1, 0.15) is 32.1 Å². The standard InChI is InChI=1S/C9H16F3NS/c10-9(11,12)5-1-3-7(13)8-4-2-6-14-8/h7-8H,1-6,13H2. The predicted molar refractivity (Wildman–Crippen MR) is 53.4 cm³/mol. The zero-order valence-electron chi connectivity index (χ0n) is 8.02. The van der Waals surface area contributed by atoms with E-state index in [1.165, 1.54) is 0 Å². The van der Waals surface area contributed by atoms with Crippen molar-refractivity contribution in [1.82, 2.24) is 0 Å². The summed E-state index contributed by atoms with van der Waals surface area (Å²) in [6.07, 6.45) is -1.83. The van der Waals surface area contributed by atoms with Gasteiger partial charge in [-0.05, 0) is 31.4 Å². The van der Waals surface area contributed by atoms with E-state index in [2.05, 4.69) is 0 Å². The molecule has 5 heteroatoms. The fourth-order valence-electron chi connectivity index (χ4n) is 1.66. The Morgan fingerprint density at radius 3 is 2.64 bits per heavy atom. The predicted octanol–water partition coefficient (Wildman–Crippen LogP) is 2.94. The number of hydrogen-bond donors (Lipinski definition) is 1. The molecule has 1 rings (SSSR count). The van der Waals surface area contributed by atoms with Gasteiger partial charge in [-0.25, -0.2) is 0 Å². The average Bonchev–Trinajstić information content (AvgIpc) is 2.53. The molecule has 2 unspecified atom stereocenters. The molecule has 2 atom stereocenters. The number of thioether (sulfide) groups is 1. The van der Waals surface area contributed by atoms with Crippen molar-refractivity contribution in [2.45, 2.75) is 49.6 Å². The minimum absolute atomic E-state index is 0.0511. The largest absolute Gasteiger partial charge is 0.389 e. The lowest BCUT2D eigenvalue weighted by Crippen LogP contribution is -2.31. The molecule has 1 aliphatic rings. The second kappa shape index (κ2) is 5.26. The number of rotatable bonds is 4. The molecule has 0 aromatic rings. The van der Waals surface area contributed by atoms with E-state index < -0.39 is 12.6 Å². The van der Waals surface area contributed by atoms with Crippen LogP contribution < -0.4 is 5.73 Å². The third-order valence-corrected chi connectivity index (χ3v) is 3.98. The maximum Gasteiger partial charge on any atom is 0.389 e. The number of nitrogens with two attached hydrogens (primary N) is 1. The van der Waals surface area contributed by atoms with Gasteiger partial charge in [0.2, 0.25) is 0 Å². The molecule has 1 aliphatic heterocycles. The molecule has 14 heavy (non-hydrogen) atoms. The molecule has 1 fully saturated rings. The Kier molecular flexibility index (Phi) is 4.57. The Bertz CT molecular complexity index is 166. The van der Waals surface area contributed by atoms with E-state index in [1.54, 1.807) is 11.8 Å². The molecule has 0 bridgehead atoms. The highest BCUT2D eigenvalue weighted by Gasteiger charge is 2.28. The van der Waals surface area contributed by atoms with E-state index in [1.807, 2.05) is 0 Å². The van der Waals surface area contributed by atoms with E-state index in [9.17, 15) is 13.2 Å². The lowest BCUT2D eigenvalue weighted by molar-refractivity contribution is -0.135. The lowest BCUT2D eigenvalue weighted by atomic mass is 10.0. The van der Waals surface area contributed by atoms with Crippen molar-refractivity contribution in [3.8, 4) is 0 Å². The first-order valence-electron chi connectivity index (χ1n) is 4.93. The molecule has 0 saturated carbocycles.